The Labute approximate surface area is 175 Å². The van der Waals surface area contributed by atoms with Crippen molar-refractivity contribution in [1.82, 2.24) is 0 Å². The van der Waals surface area contributed by atoms with Crippen LogP contribution >= 0.6 is 11.6 Å². The number of hydrogen-bond donors (Lipinski definition) is 2. The normalized spacial score (nSPS) is 10.3. The summed E-state index contributed by atoms with van der Waals surface area (Å²) in [4.78, 5) is 12.2. The maximum Gasteiger partial charge on any atom is 0.243 e. The molecule has 3 rings (SSSR count). The number of carbonyl (C=O) groups excluding carboxylic acids is 1. The molecule has 0 fully saturated rings. The molecule has 0 aliphatic heterocycles. The molecule has 29 heavy (non-hydrogen) atoms. The van der Waals surface area contributed by atoms with Crippen LogP contribution in [0, 0.1) is 6.92 Å². The average molecular weight is 411 g/mol. The van der Waals surface area contributed by atoms with Gasteiger partial charge in [-0.05, 0) is 48.9 Å². The zero-order valence-electron chi connectivity index (χ0n) is 16.2. The van der Waals surface area contributed by atoms with Crippen LogP contribution in [0.15, 0.2) is 72.8 Å². The lowest BCUT2D eigenvalue weighted by Gasteiger charge is -2.12. The molecule has 2 N–H and O–H groups in total. The third-order valence-corrected chi connectivity index (χ3v) is 4.36. The fraction of sp³-hybridized carbons (Fsp3) is 0.174. The van der Waals surface area contributed by atoms with Gasteiger partial charge in [0.2, 0.25) is 5.91 Å². The first-order chi connectivity index (χ1) is 14.1. The van der Waals surface area contributed by atoms with Crippen LogP contribution in [0.3, 0.4) is 0 Å². The Hall–Kier alpha value is -3.18. The van der Waals surface area contributed by atoms with E-state index in [1.165, 1.54) is 0 Å². The average Bonchev–Trinajstić information content (AvgIpc) is 2.73. The van der Waals surface area contributed by atoms with Gasteiger partial charge in [0, 0.05) is 22.5 Å². The first-order valence-electron chi connectivity index (χ1n) is 9.31. The van der Waals surface area contributed by atoms with Crippen LogP contribution in [0.1, 0.15) is 5.56 Å². The minimum atomic E-state index is -0.155. The molecule has 150 valence electrons. The van der Waals surface area contributed by atoms with E-state index in [-0.39, 0.29) is 12.5 Å². The van der Waals surface area contributed by atoms with Gasteiger partial charge in [-0.15, -0.1) is 0 Å². The van der Waals surface area contributed by atoms with Gasteiger partial charge in [-0.25, -0.2) is 0 Å². The van der Waals surface area contributed by atoms with E-state index in [4.69, 9.17) is 21.1 Å². The van der Waals surface area contributed by atoms with Gasteiger partial charge in [-0.3, -0.25) is 4.79 Å². The van der Waals surface area contributed by atoms with Crippen molar-refractivity contribution in [1.29, 1.82) is 0 Å². The molecule has 0 aliphatic rings. The highest BCUT2D eigenvalue weighted by atomic mass is 35.5. The van der Waals surface area contributed by atoms with E-state index in [2.05, 4.69) is 10.6 Å². The summed E-state index contributed by atoms with van der Waals surface area (Å²) in [6.07, 6.45) is 0. The molecule has 3 aromatic carbocycles. The van der Waals surface area contributed by atoms with Crippen LogP contribution in [0.4, 0.5) is 11.4 Å². The number of hydrogen-bond acceptors (Lipinski definition) is 4. The quantitative estimate of drug-likeness (QED) is 0.478. The van der Waals surface area contributed by atoms with Gasteiger partial charge < -0.3 is 20.1 Å². The van der Waals surface area contributed by atoms with Crippen molar-refractivity contribution >= 4 is 28.9 Å². The van der Waals surface area contributed by atoms with E-state index in [0.29, 0.717) is 29.7 Å². The van der Waals surface area contributed by atoms with Crippen LogP contribution in [0.2, 0.25) is 5.02 Å². The lowest BCUT2D eigenvalue weighted by atomic mass is 10.2. The Morgan fingerprint density at radius 3 is 2.41 bits per heavy atom. The fourth-order valence-corrected chi connectivity index (χ4v) is 2.81. The summed E-state index contributed by atoms with van der Waals surface area (Å²) >= 11 is 5.99. The van der Waals surface area contributed by atoms with Crippen molar-refractivity contribution in [2.45, 2.75) is 6.92 Å². The molecule has 0 saturated carbocycles. The van der Waals surface area contributed by atoms with Crippen molar-refractivity contribution in [3.8, 4) is 11.5 Å². The lowest BCUT2D eigenvalue weighted by Crippen LogP contribution is -2.22. The Morgan fingerprint density at radius 1 is 0.897 bits per heavy atom. The Kier molecular flexibility index (Phi) is 7.36. The smallest absolute Gasteiger partial charge is 0.243 e. The molecule has 0 aliphatic carbocycles. The van der Waals surface area contributed by atoms with Crippen molar-refractivity contribution in [2.75, 3.05) is 30.4 Å². The zero-order valence-corrected chi connectivity index (χ0v) is 16.9. The van der Waals surface area contributed by atoms with E-state index in [9.17, 15) is 4.79 Å². The van der Waals surface area contributed by atoms with Crippen LogP contribution in [0.25, 0.3) is 0 Å². The highest BCUT2D eigenvalue weighted by molar-refractivity contribution is 6.31. The zero-order chi connectivity index (χ0) is 20.5. The maximum absolute atomic E-state index is 12.2. The van der Waals surface area contributed by atoms with E-state index in [1.54, 1.807) is 12.1 Å². The number of carbonyl (C=O) groups is 1. The van der Waals surface area contributed by atoms with Gasteiger partial charge in [0.25, 0.3) is 0 Å². The van der Waals surface area contributed by atoms with Gasteiger partial charge in [0.05, 0.1) is 6.54 Å². The molecule has 0 saturated heterocycles. The van der Waals surface area contributed by atoms with Crippen LogP contribution in [-0.2, 0) is 4.79 Å². The summed E-state index contributed by atoms with van der Waals surface area (Å²) in [5.41, 5.74) is 2.46. The molecular weight excluding hydrogens is 388 g/mol. The molecule has 5 nitrogen and oxygen atoms in total. The number of para-hydroxylation sites is 1. The lowest BCUT2D eigenvalue weighted by molar-refractivity contribution is -0.114. The number of ether oxygens (including phenoxy) is 2. The van der Waals surface area contributed by atoms with Gasteiger partial charge in [-0.2, -0.15) is 0 Å². The predicted molar refractivity (Wildman–Crippen MR) is 117 cm³/mol. The summed E-state index contributed by atoms with van der Waals surface area (Å²) in [6, 6.07) is 22.5. The molecule has 1 amide bonds. The summed E-state index contributed by atoms with van der Waals surface area (Å²) in [7, 11) is 0. The van der Waals surface area contributed by atoms with Gasteiger partial charge in [0.15, 0.2) is 0 Å². The van der Waals surface area contributed by atoms with E-state index >= 15 is 0 Å². The van der Waals surface area contributed by atoms with E-state index in [1.807, 2.05) is 67.6 Å². The molecule has 0 bridgehead atoms. The topological polar surface area (TPSA) is 59.6 Å². The highest BCUT2D eigenvalue weighted by Gasteiger charge is 2.06. The van der Waals surface area contributed by atoms with E-state index in [0.717, 1.165) is 17.0 Å². The number of anilines is 2. The molecule has 0 spiro atoms. The largest absolute Gasteiger partial charge is 0.490 e. The molecule has 0 radical (unpaired) electrons. The Morgan fingerprint density at radius 2 is 1.62 bits per heavy atom. The molecule has 3 aromatic rings. The number of benzene rings is 3. The molecule has 0 unspecified atom stereocenters. The number of halogens is 1. The van der Waals surface area contributed by atoms with Crippen molar-refractivity contribution in [2.24, 2.45) is 0 Å². The Bertz CT molecular complexity index is 948. The minimum absolute atomic E-state index is 0.131. The van der Waals surface area contributed by atoms with Gasteiger partial charge >= 0.3 is 0 Å². The third kappa shape index (κ3) is 6.73. The summed E-state index contributed by atoms with van der Waals surface area (Å²) in [5.74, 6) is 1.36. The summed E-state index contributed by atoms with van der Waals surface area (Å²) in [5, 5.41) is 6.54. The number of aryl methyl sites for hydroxylation is 1. The fourth-order valence-electron chi connectivity index (χ4n) is 2.64. The van der Waals surface area contributed by atoms with Crippen LogP contribution in [0.5, 0.6) is 11.5 Å². The SMILES string of the molecule is Cc1ccc(Cl)cc1NC(=O)CNc1cccc(OCCOc2ccccc2)c1. The standard InChI is InChI=1S/C23H23ClN2O3/c1-17-10-11-18(24)14-22(17)26-23(27)16-25-19-6-5-9-21(15-19)29-13-12-28-20-7-3-2-4-8-20/h2-11,14-15,25H,12-13,16H2,1H3,(H,26,27). The third-order valence-electron chi connectivity index (χ3n) is 4.12. The Balaban J connectivity index is 1.44. The molecule has 0 atom stereocenters. The highest BCUT2D eigenvalue weighted by Crippen LogP contribution is 2.20. The van der Waals surface area contributed by atoms with Crippen LogP contribution in [-0.4, -0.2) is 25.7 Å². The second-order valence-electron chi connectivity index (χ2n) is 6.40. The number of nitrogens with one attached hydrogen (secondary N) is 2. The predicted octanol–water partition coefficient (Wildman–Crippen LogP) is 5.16. The summed E-state index contributed by atoms with van der Waals surface area (Å²) in [6.45, 7) is 2.92. The second-order valence-corrected chi connectivity index (χ2v) is 6.84. The van der Waals surface area contributed by atoms with E-state index < -0.39 is 0 Å². The minimum Gasteiger partial charge on any atom is -0.490 e. The van der Waals surface area contributed by atoms with Crippen LogP contribution < -0.4 is 20.1 Å². The van der Waals surface area contributed by atoms with Crippen molar-refractivity contribution in [3.63, 3.8) is 0 Å². The van der Waals surface area contributed by atoms with Gasteiger partial charge in [-0.1, -0.05) is 41.9 Å². The first kappa shape index (κ1) is 20.6. The monoisotopic (exact) mass is 410 g/mol. The molecule has 0 aromatic heterocycles. The van der Waals surface area contributed by atoms with Gasteiger partial charge in [0.1, 0.15) is 24.7 Å². The number of rotatable bonds is 9. The van der Waals surface area contributed by atoms with Crippen molar-refractivity contribution < 1.29 is 14.3 Å². The first-order valence-corrected chi connectivity index (χ1v) is 9.68. The molecule has 0 heterocycles. The molecular formula is C23H23ClN2O3. The maximum atomic E-state index is 12.2. The number of amides is 1. The summed E-state index contributed by atoms with van der Waals surface area (Å²) < 4.78 is 11.3. The second kappa shape index (κ2) is 10.4. The van der Waals surface area contributed by atoms with Crippen molar-refractivity contribution in [3.05, 3.63) is 83.4 Å². The molecule has 6 heteroatoms.